The van der Waals surface area contributed by atoms with Crippen molar-refractivity contribution in [3.8, 4) is 0 Å². The van der Waals surface area contributed by atoms with Gasteiger partial charge in [-0.05, 0) is 62.1 Å². The van der Waals surface area contributed by atoms with Crippen LogP contribution in [0.1, 0.15) is 69.4 Å². The molecule has 2 aliphatic rings. The molecule has 0 radical (unpaired) electrons. The van der Waals surface area contributed by atoms with Crippen LogP contribution < -0.4 is 31.9 Å². The van der Waals surface area contributed by atoms with Gasteiger partial charge in [0, 0.05) is 57.9 Å². The summed E-state index contributed by atoms with van der Waals surface area (Å²) >= 11 is 5.56. The van der Waals surface area contributed by atoms with Gasteiger partial charge in [-0.15, -0.1) is 0 Å². The second-order valence-corrected chi connectivity index (χ2v) is 11.4. The van der Waals surface area contributed by atoms with Crippen LogP contribution in [0, 0.1) is 0 Å². The molecule has 0 atom stereocenters. The summed E-state index contributed by atoms with van der Waals surface area (Å²) in [6.07, 6.45) is 10.4. The van der Waals surface area contributed by atoms with E-state index < -0.39 is 0 Å². The van der Waals surface area contributed by atoms with Crippen LogP contribution in [0.4, 0.5) is 17.6 Å². The Hall–Kier alpha value is -2.69. The monoisotopic (exact) mass is 567 g/mol. The van der Waals surface area contributed by atoms with Crippen LogP contribution in [0.15, 0.2) is 30.3 Å². The van der Waals surface area contributed by atoms with E-state index in [1.165, 1.54) is 49.7 Å². The third-order valence-electron chi connectivity index (χ3n) is 7.80. The second kappa shape index (κ2) is 16.5. The van der Waals surface area contributed by atoms with Gasteiger partial charge in [0.25, 0.3) is 0 Å². The third-order valence-corrected chi connectivity index (χ3v) is 8.20. The number of nitrogens with two attached hydrogens (primary N) is 1. The Labute approximate surface area is 246 Å². The van der Waals surface area contributed by atoms with Crippen LogP contribution >= 0.6 is 12.2 Å². The first-order valence-corrected chi connectivity index (χ1v) is 15.7. The molecule has 1 saturated heterocycles. The molecule has 9 nitrogen and oxygen atoms in total. The maximum Gasteiger partial charge on any atom is 0.226 e. The van der Waals surface area contributed by atoms with Crippen molar-refractivity contribution in [3.63, 3.8) is 0 Å². The number of aromatic nitrogens is 2. The van der Waals surface area contributed by atoms with Crippen molar-refractivity contribution in [2.24, 2.45) is 0 Å². The highest BCUT2D eigenvalue weighted by molar-refractivity contribution is 7.80. The molecule has 2 aromatic rings. The fourth-order valence-electron chi connectivity index (χ4n) is 5.33. The summed E-state index contributed by atoms with van der Waals surface area (Å²) in [5.41, 5.74) is 8.63. The molecular weight excluding hydrogens is 518 g/mol. The summed E-state index contributed by atoms with van der Waals surface area (Å²) in [6.45, 7) is 10.2. The fourth-order valence-corrected chi connectivity index (χ4v) is 5.62. The summed E-state index contributed by atoms with van der Waals surface area (Å²) in [5.74, 6) is 1.89. The maximum atomic E-state index is 6.14. The van der Waals surface area contributed by atoms with Crippen LogP contribution in [-0.4, -0.2) is 71.8 Å². The Morgan fingerprint density at radius 2 is 1.65 bits per heavy atom. The average Bonchev–Trinajstić information content (AvgIpc) is 2.99. The molecule has 0 bridgehead atoms. The molecular formula is C30H49N9S. The number of hydrogen-bond donors (Lipinski definition) is 5. The molecule has 1 aromatic carbocycles. The van der Waals surface area contributed by atoms with Crippen LogP contribution in [-0.2, 0) is 13.1 Å². The Morgan fingerprint density at radius 1 is 0.925 bits per heavy atom. The van der Waals surface area contributed by atoms with Crippen molar-refractivity contribution in [1.29, 1.82) is 0 Å². The smallest absolute Gasteiger partial charge is 0.226 e. The summed E-state index contributed by atoms with van der Waals surface area (Å²) in [7, 11) is 0. The molecule has 0 unspecified atom stereocenters. The molecule has 1 aliphatic heterocycles. The number of piperazine rings is 1. The summed E-state index contributed by atoms with van der Waals surface area (Å²) in [6, 6.07) is 11.3. The first-order valence-electron chi connectivity index (χ1n) is 15.3. The van der Waals surface area contributed by atoms with Gasteiger partial charge in [0.1, 0.15) is 11.6 Å². The van der Waals surface area contributed by atoms with E-state index in [0.717, 1.165) is 82.2 Å². The zero-order valence-electron chi connectivity index (χ0n) is 24.3. The Morgan fingerprint density at radius 3 is 2.38 bits per heavy atom. The van der Waals surface area contributed by atoms with Crippen molar-refractivity contribution in [3.05, 3.63) is 41.5 Å². The minimum Gasteiger partial charge on any atom is -0.383 e. The molecule has 1 saturated carbocycles. The van der Waals surface area contributed by atoms with Crippen molar-refractivity contribution in [1.82, 2.24) is 30.8 Å². The predicted molar refractivity (Wildman–Crippen MR) is 171 cm³/mol. The molecule has 0 amide bonds. The lowest BCUT2D eigenvalue weighted by Gasteiger charge is -2.37. The highest BCUT2D eigenvalue weighted by Gasteiger charge is 2.20. The van der Waals surface area contributed by atoms with Gasteiger partial charge in [-0.2, -0.15) is 9.97 Å². The zero-order chi connectivity index (χ0) is 28.0. The molecule has 4 rings (SSSR count). The highest BCUT2D eigenvalue weighted by Crippen LogP contribution is 2.19. The van der Waals surface area contributed by atoms with E-state index >= 15 is 0 Å². The molecule has 1 aliphatic carbocycles. The number of thiocarbonyl (C=S) groups is 1. The van der Waals surface area contributed by atoms with Crippen molar-refractivity contribution in [2.45, 2.75) is 77.4 Å². The number of hydrogen-bond acceptors (Lipinski definition) is 8. The van der Waals surface area contributed by atoms with Gasteiger partial charge in [-0.1, -0.05) is 56.9 Å². The van der Waals surface area contributed by atoms with Crippen LogP contribution in [0.5, 0.6) is 0 Å². The molecule has 10 heteroatoms. The minimum atomic E-state index is 0.474. The second-order valence-electron chi connectivity index (χ2n) is 11.0. The molecule has 1 aromatic heterocycles. The average molecular weight is 568 g/mol. The standard InChI is InChI=1S/C30H49N9S/c1-2-3-15-34-30(40)39-19-17-38(18-20-39)28-21-27(31)36-29(37-28)35-23-25-12-10-24(11-13-25)22-32-14-7-16-33-26-8-5-4-6-9-26/h10-13,21,26,32-33H,2-9,14-20,22-23H2,1H3,(H,34,40)(H3,31,35,36,37). The number of anilines is 3. The summed E-state index contributed by atoms with van der Waals surface area (Å²) in [4.78, 5) is 13.7. The van der Waals surface area contributed by atoms with E-state index in [2.05, 4.69) is 67.2 Å². The minimum absolute atomic E-state index is 0.474. The number of benzene rings is 1. The van der Waals surface area contributed by atoms with Crippen LogP contribution in [0.2, 0.25) is 0 Å². The summed E-state index contributed by atoms with van der Waals surface area (Å²) in [5, 5.41) is 14.9. The highest BCUT2D eigenvalue weighted by atomic mass is 32.1. The Bertz CT molecular complexity index is 1020. The molecule has 40 heavy (non-hydrogen) atoms. The number of unbranched alkanes of at least 4 members (excludes halogenated alkanes) is 1. The van der Waals surface area contributed by atoms with Gasteiger partial charge >= 0.3 is 0 Å². The van der Waals surface area contributed by atoms with Crippen LogP contribution in [0.25, 0.3) is 0 Å². The van der Waals surface area contributed by atoms with E-state index in [-0.39, 0.29) is 0 Å². The van der Waals surface area contributed by atoms with E-state index in [1.54, 1.807) is 0 Å². The van der Waals surface area contributed by atoms with E-state index in [9.17, 15) is 0 Å². The molecule has 220 valence electrons. The first kappa shape index (κ1) is 30.3. The lowest BCUT2D eigenvalue weighted by atomic mass is 9.95. The largest absolute Gasteiger partial charge is 0.383 e. The summed E-state index contributed by atoms with van der Waals surface area (Å²) < 4.78 is 0. The van der Waals surface area contributed by atoms with E-state index in [0.29, 0.717) is 18.3 Å². The normalized spacial score (nSPS) is 16.2. The molecule has 0 spiro atoms. The zero-order valence-corrected chi connectivity index (χ0v) is 25.1. The third kappa shape index (κ3) is 10.1. The topological polar surface area (TPSA) is 106 Å². The Balaban J connectivity index is 1.16. The van der Waals surface area contributed by atoms with Gasteiger partial charge < -0.3 is 36.8 Å². The van der Waals surface area contributed by atoms with Gasteiger partial charge in [-0.3, -0.25) is 0 Å². The van der Waals surface area contributed by atoms with E-state index in [4.69, 9.17) is 22.9 Å². The number of rotatable bonds is 14. The number of nitrogens with one attached hydrogen (secondary N) is 4. The van der Waals surface area contributed by atoms with Crippen molar-refractivity contribution >= 4 is 34.9 Å². The van der Waals surface area contributed by atoms with Gasteiger partial charge in [-0.25, -0.2) is 0 Å². The molecule has 6 N–H and O–H groups in total. The molecule has 2 fully saturated rings. The quantitative estimate of drug-likeness (QED) is 0.171. The van der Waals surface area contributed by atoms with Gasteiger partial charge in [0.2, 0.25) is 5.95 Å². The maximum absolute atomic E-state index is 6.14. The lowest BCUT2D eigenvalue weighted by Crippen LogP contribution is -2.52. The number of nitrogens with zero attached hydrogens (tertiary/aromatic N) is 4. The fraction of sp³-hybridized carbons (Fsp3) is 0.633. The van der Waals surface area contributed by atoms with Gasteiger partial charge in [0.05, 0.1) is 0 Å². The van der Waals surface area contributed by atoms with Gasteiger partial charge in [0.15, 0.2) is 5.11 Å². The molecule has 2 heterocycles. The van der Waals surface area contributed by atoms with Crippen molar-refractivity contribution in [2.75, 3.05) is 61.8 Å². The lowest BCUT2D eigenvalue weighted by molar-refractivity contribution is 0.371. The van der Waals surface area contributed by atoms with Crippen molar-refractivity contribution < 1.29 is 0 Å². The van der Waals surface area contributed by atoms with Crippen LogP contribution in [0.3, 0.4) is 0 Å². The Kier molecular flexibility index (Phi) is 12.5. The SMILES string of the molecule is CCCCNC(=S)N1CCN(c2cc(N)nc(NCc3ccc(CNCCCNC4CCCCC4)cc3)n2)CC1. The first-order chi connectivity index (χ1) is 19.6. The predicted octanol–water partition coefficient (Wildman–Crippen LogP) is 3.87. The number of nitrogen functional groups attached to an aromatic ring is 1. The van der Waals surface area contributed by atoms with E-state index in [1.807, 2.05) is 6.07 Å².